The van der Waals surface area contributed by atoms with Crippen LogP contribution in [0.15, 0.2) is 24.3 Å². The van der Waals surface area contributed by atoms with Gasteiger partial charge >= 0.3 is 6.18 Å². The molecule has 0 fully saturated rings. The number of carbonyl (C=O) groups excluding carboxylic acids is 1. The van der Waals surface area contributed by atoms with Gasteiger partial charge in [-0.15, -0.1) is 0 Å². The predicted molar refractivity (Wildman–Crippen MR) is 56.2 cm³/mol. The van der Waals surface area contributed by atoms with E-state index in [0.29, 0.717) is 0 Å². The number of benzene rings is 1. The summed E-state index contributed by atoms with van der Waals surface area (Å²) in [7, 11) is 1.26. The minimum Gasteiger partial charge on any atom is -0.497 e. The monoisotopic (exact) mass is 245 g/mol. The molecule has 1 aromatic rings. The van der Waals surface area contributed by atoms with Crippen molar-refractivity contribution in [3.05, 3.63) is 35.4 Å². The lowest BCUT2D eigenvalue weighted by atomic mass is 10.1. The van der Waals surface area contributed by atoms with E-state index in [9.17, 15) is 18.0 Å². The Balaban J connectivity index is 3.19. The van der Waals surface area contributed by atoms with Crippen LogP contribution >= 0.6 is 0 Å². The summed E-state index contributed by atoms with van der Waals surface area (Å²) in [5.74, 6) is -0.676. The Hall–Kier alpha value is -1.98. The van der Waals surface area contributed by atoms with E-state index in [-0.39, 0.29) is 11.3 Å². The SMILES string of the molecule is COc1cc(C=CC(N)=O)cc(C(F)(F)F)c1. The number of nitrogens with two attached hydrogens (primary N) is 1. The first-order valence-electron chi connectivity index (χ1n) is 4.56. The van der Waals surface area contributed by atoms with Crippen molar-refractivity contribution in [3.63, 3.8) is 0 Å². The third-order valence-electron chi connectivity index (χ3n) is 1.93. The van der Waals surface area contributed by atoms with Crippen LogP contribution in [0.1, 0.15) is 11.1 Å². The molecule has 0 atom stereocenters. The molecule has 92 valence electrons. The molecule has 0 bridgehead atoms. The van der Waals surface area contributed by atoms with E-state index >= 15 is 0 Å². The van der Waals surface area contributed by atoms with Crippen molar-refractivity contribution in [3.8, 4) is 5.75 Å². The van der Waals surface area contributed by atoms with E-state index in [1.807, 2.05) is 0 Å². The quantitative estimate of drug-likeness (QED) is 0.830. The smallest absolute Gasteiger partial charge is 0.416 e. The lowest BCUT2D eigenvalue weighted by Crippen LogP contribution is -2.06. The second kappa shape index (κ2) is 4.90. The zero-order chi connectivity index (χ0) is 13.1. The fourth-order valence-electron chi connectivity index (χ4n) is 1.18. The highest BCUT2D eigenvalue weighted by Crippen LogP contribution is 2.32. The molecule has 1 aromatic carbocycles. The van der Waals surface area contributed by atoms with E-state index in [0.717, 1.165) is 18.2 Å². The Morgan fingerprint density at radius 3 is 2.47 bits per heavy atom. The fourth-order valence-corrected chi connectivity index (χ4v) is 1.18. The second-order valence-electron chi connectivity index (χ2n) is 3.23. The molecule has 0 unspecified atom stereocenters. The van der Waals surface area contributed by atoms with Gasteiger partial charge in [0.2, 0.25) is 5.91 Å². The highest BCUT2D eigenvalue weighted by atomic mass is 19.4. The Morgan fingerprint density at radius 1 is 1.35 bits per heavy atom. The number of carbonyl (C=O) groups is 1. The second-order valence-corrected chi connectivity index (χ2v) is 3.23. The maximum Gasteiger partial charge on any atom is 0.416 e. The number of amides is 1. The van der Waals surface area contributed by atoms with Gasteiger partial charge < -0.3 is 10.5 Å². The van der Waals surface area contributed by atoms with E-state index in [1.165, 1.54) is 19.3 Å². The van der Waals surface area contributed by atoms with Crippen LogP contribution in [0.4, 0.5) is 13.2 Å². The first-order chi connectivity index (χ1) is 7.82. The molecule has 2 N–H and O–H groups in total. The van der Waals surface area contributed by atoms with Crippen LogP contribution in [-0.2, 0) is 11.0 Å². The van der Waals surface area contributed by atoms with Crippen molar-refractivity contribution < 1.29 is 22.7 Å². The lowest BCUT2D eigenvalue weighted by molar-refractivity contribution is -0.137. The van der Waals surface area contributed by atoms with Gasteiger partial charge in [-0.25, -0.2) is 0 Å². The number of hydrogen-bond acceptors (Lipinski definition) is 2. The molecule has 6 heteroatoms. The average Bonchev–Trinajstić information content (AvgIpc) is 2.24. The van der Waals surface area contributed by atoms with Crippen LogP contribution in [0.2, 0.25) is 0 Å². The molecule has 17 heavy (non-hydrogen) atoms. The normalized spacial score (nSPS) is 11.8. The number of hydrogen-bond donors (Lipinski definition) is 1. The highest BCUT2D eigenvalue weighted by molar-refractivity contribution is 5.90. The molecule has 0 aliphatic carbocycles. The van der Waals surface area contributed by atoms with Crippen LogP contribution in [-0.4, -0.2) is 13.0 Å². The van der Waals surface area contributed by atoms with Gasteiger partial charge in [0, 0.05) is 6.08 Å². The van der Waals surface area contributed by atoms with Gasteiger partial charge in [0.15, 0.2) is 0 Å². The zero-order valence-electron chi connectivity index (χ0n) is 8.91. The molecule has 0 radical (unpaired) electrons. The first-order valence-corrected chi connectivity index (χ1v) is 4.56. The van der Waals surface area contributed by atoms with Crippen molar-refractivity contribution >= 4 is 12.0 Å². The molecule has 0 aromatic heterocycles. The van der Waals surface area contributed by atoms with Gasteiger partial charge in [0.05, 0.1) is 12.7 Å². The van der Waals surface area contributed by atoms with Crippen LogP contribution in [0.3, 0.4) is 0 Å². The summed E-state index contributed by atoms with van der Waals surface area (Å²) in [5.41, 5.74) is 4.20. The van der Waals surface area contributed by atoms with Crippen molar-refractivity contribution in [2.24, 2.45) is 5.73 Å². The molecule has 0 saturated carbocycles. The van der Waals surface area contributed by atoms with Crippen LogP contribution in [0.5, 0.6) is 5.75 Å². The molecule has 0 spiro atoms. The number of primary amides is 1. The third kappa shape index (κ3) is 3.82. The maximum atomic E-state index is 12.5. The molecule has 3 nitrogen and oxygen atoms in total. The van der Waals surface area contributed by atoms with Crippen molar-refractivity contribution in [1.29, 1.82) is 0 Å². The number of rotatable bonds is 3. The average molecular weight is 245 g/mol. The number of methoxy groups -OCH3 is 1. The Bertz CT molecular complexity index is 453. The Morgan fingerprint density at radius 2 is 2.00 bits per heavy atom. The number of halogens is 3. The van der Waals surface area contributed by atoms with Crippen LogP contribution in [0.25, 0.3) is 6.08 Å². The summed E-state index contributed by atoms with van der Waals surface area (Å²) in [6.45, 7) is 0. The predicted octanol–water partition coefficient (Wildman–Crippen LogP) is 2.21. The Labute approximate surface area is 95.7 Å². The van der Waals surface area contributed by atoms with Gasteiger partial charge in [0.25, 0.3) is 0 Å². The molecular formula is C11H10F3NO2. The highest BCUT2D eigenvalue weighted by Gasteiger charge is 2.31. The van der Waals surface area contributed by atoms with E-state index in [4.69, 9.17) is 10.5 Å². The lowest BCUT2D eigenvalue weighted by Gasteiger charge is -2.09. The standard InChI is InChI=1S/C11H10F3NO2/c1-17-9-5-7(2-3-10(15)16)4-8(6-9)11(12,13)14/h2-6H,1H3,(H2,15,16). The fraction of sp³-hybridized carbons (Fsp3) is 0.182. The molecule has 0 aliphatic rings. The van der Waals surface area contributed by atoms with Gasteiger partial charge in [-0.05, 0) is 29.8 Å². The van der Waals surface area contributed by atoms with E-state index in [2.05, 4.69) is 0 Å². The topological polar surface area (TPSA) is 52.3 Å². The number of ether oxygens (including phenoxy) is 1. The molecule has 0 aliphatic heterocycles. The van der Waals surface area contributed by atoms with Crippen molar-refractivity contribution in [2.45, 2.75) is 6.18 Å². The summed E-state index contributed by atoms with van der Waals surface area (Å²) in [6.07, 6.45) is -2.29. The third-order valence-corrected chi connectivity index (χ3v) is 1.93. The molecule has 1 rings (SSSR count). The summed E-state index contributed by atoms with van der Waals surface area (Å²) in [4.78, 5) is 10.5. The van der Waals surface area contributed by atoms with E-state index in [1.54, 1.807) is 0 Å². The largest absolute Gasteiger partial charge is 0.497 e. The summed E-state index contributed by atoms with van der Waals surface area (Å²) < 4.78 is 42.3. The first kappa shape index (κ1) is 13.1. The zero-order valence-corrected chi connectivity index (χ0v) is 8.91. The van der Waals surface area contributed by atoms with Crippen LogP contribution in [0, 0.1) is 0 Å². The Kier molecular flexibility index (Phi) is 3.77. The summed E-state index contributed by atoms with van der Waals surface area (Å²) in [5, 5.41) is 0. The molecule has 1 amide bonds. The van der Waals surface area contributed by atoms with Gasteiger partial charge in [-0.3, -0.25) is 4.79 Å². The molecule has 0 saturated heterocycles. The van der Waals surface area contributed by atoms with Crippen molar-refractivity contribution in [1.82, 2.24) is 0 Å². The van der Waals surface area contributed by atoms with Gasteiger partial charge in [0.1, 0.15) is 5.75 Å². The minimum absolute atomic E-state index is 0.0592. The van der Waals surface area contributed by atoms with E-state index < -0.39 is 17.6 Å². The van der Waals surface area contributed by atoms with Gasteiger partial charge in [-0.1, -0.05) is 0 Å². The summed E-state index contributed by atoms with van der Waals surface area (Å²) >= 11 is 0. The summed E-state index contributed by atoms with van der Waals surface area (Å²) in [6, 6.07) is 3.15. The minimum atomic E-state index is -4.47. The maximum absolute atomic E-state index is 12.5. The van der Waals surface area contributed by atoms with Crippen LogP contribution < -0.4 is 10.5 Å². The molecule has 0 heterocycles. The van der Waals surface area contributed by atoms with Crippen molar-refractivity contribution in [2.75, 3.05) is 7.11 Å². The number of alkyl halides is 3. The molecular weight excluding hydrogens is 235 g/mol. The van der Waals surface area contributed by atoms with Gasteiger partial charge in [-0.2, -0.15) is 13.2 Å².